The molecule has 10 heteroatoms. The van der Waals surface area contributed by atoms with Crippen LogP contribution in [-0.2, 0) is 17.9 Å². The summed E-state index contributed by atoms with van der Waals surface area (Å²) in [6.45, 7) is 1.54. The summed E-state index contributed by atoms with van der Waals surface area (Å²) >= 11 is 1.14. The first-order chi connectivity index (χ1) is 14.4. The SMILES string of the molecule is CCCn1c(=O)c2sc3ncccc3c2n(CC(=O)Nc2cc(F)ccc2F)c1=O. The van der Waals surface area contributed by atoms with E-state index in [1.54, 1.807) is 18.3 Å². The Morgan fingerprint density at radius 2 is 2.00 bits per heavy atom. The maximum Gasteiger partial charge on any atom is 0.332 e. The Kier molecular flexibility index (Phi) is 5.17. The van der Waals surface area contributed by atoms with Crippen LogP contribution in [0.2, 0.25) is 0 Å². The van der Waals surface area contributed by atoms with Gasteiger partial charge in [0.2, 0.25) is 5.91 Å². The van der Waals surface area contributed by atoms with Crippen molar-refractivity contribution in [2.75, 3.05) is 5.32 Å². The molecule has 0 aliphatic rings. The van der Waals surface area contributed by atoms with Gasteiger partial charge >= 0.3 is 5.69 Å². The van der Waals surface area contributed by atoms with Crippen LogP contribution < -0.4 is 16.6 Å². The number of nitrogens with one attached hydrogen (secondary N) is 1. The van der Waals surface area contributed by atoms with Crippen molar-refractivity contribution in [2.24, 2.45) is 0 Å². The number of hydrogen-bond acceptors (Lipinski definition) is 5. The number of rotatable bonds is 5. The average Bonchev–Trinajstić information content (AvgIpc) is 3.11. The van der Waals surface area contributed by atoms with E-state index in [1.807, 2.05) is 6.92 Å². The monoisotopic (exact) mass is 430 g/mol. The molecule has 154 valence electrons. The summed E-state index contributed by atoms with van der Waals surface area (Å²) in [5, 5.41) is 2.85. The molecule has 0 spiro atoms. The Bertz CT molecular complexity index is 1410. The number of halogens is 2. The molecule has 0 aliphatic heterocycles. The zero-order valence-electron chi connectivity index (χ0n) is 15.8. The van der Waals surface area contributed by atoms with E-state index in [-0.39, 0.29) is 12.2 Å². The first-order valence-electron chi connectivity index (χ1n) is 9.16. The topological polar surface area (TPSA) is 86.0 Å². The van der Waals surface area contributed by atoms with Crippen LogP contribution in [0.1, 0.15) is 13.3 Å². The van der Waals surface area contributed by atoms with E-state index in [0.717, 1.165) is 34.1 Å². The molecule has 1 N–H and O–H groups in total. The molecule has 0 saturated carbocycles. The van der Waals surface area contributed by atoms with Crippen molar-refractivity contribution in [3.05, 3.63) is 69.0 Å². The third-order valence-corrected chi connectivity index (χ3v) is 5.65. The standard InChI is InChI=1S/C20H16F2N4O3S/c1-2-8-25-19(28)17-16(12-4-3-7-23-18(12)30-17)26(20(25)29)10-15(27)24-14-9-11(21)5-6-13(14)22/h3-7,9H,2,8,10H2,1H3,(H,24,27). The highest BCUT2D eigenvalue weighted by Crippen LogP contribution is 2.29. The van der Waals surface area contributed by atoms with Crippen molar-refractivity contribution in [1.82, 2.24) is 14.1 Å². The number of nitrogens with zero attached hydrogens (tertiary/aromatic N) is 3. The molecule has 0 bridgehead atoms. The van der Waals surface area contributed by atoms with Gasteiger partial charge < -0.3 is 5.32 Å². The highest BCUT2D eigenvalue weighted by atomic mass is 32.1. The van der Waals surface area contributed by atoms with Crippen molar-refractivity contribution in [1.29, 1.82) is 0 Å². The number of fused-ring (bicyclic) bond motifs is 3. The minimum atomic E-state index is -0.802. The fourth-order valence-corrected chi connectivity index (χ4v) is 4.37. The van der Waals surface area contributed by atoms with Crippen LogP contribution in [0.4, 0.5) is 14.5 Å². The average molecular weight is 430 g/mol. The molecule has 4 rings (SSSR count). The minimum Gasteiger partial charge on any atom is -0.322 e. The lowest BCUT2D eigenvalue weighted by Crippen LogP contribution is -2.41. The van der Waals surface area contributed by atoms with Crippen LogP contribution in [0.3, 0.4) is 0 Å². The molecule has 3 aromatic heterocycles. The van der Waals surface area contributed by atoms with Gasteiger partial charge in [-0.1, -0.05) is 6.92 Å². The zero-order chi connectivity index (χ0) is 21.4. The van der Waals surface area contributed by atoms with Crippen LogP contribution in [0.25, 0.3) is 20.4 Å². The third-order valence-electron chi connectivity index (χ3n) is 4.56. The molecule has 0 atom stereocenters. The number of carbonyl (C=O) groups excluding carboxylic acids is 1. The van der Waals surface area contributed by atoms with Crippen molar-refractivity contribution in [2.45, 2.75) is 26.4 Å². The fraction of sp³-hybridized carbons (Fsp3) is 0.200. The largest absolute Gasteiger partial charge is 0.332 e. The summed E-state index contributed by atoms with van der Waals surface area (Å²) in [7, 11) is 0. The van der Waals surface area contributed by atoms with Crippen LogP contribution >= 0.6 is 11.3 Å². The second-order valence-corrected chi connectivity index (χ2v) is 7.63. The molecule has 4 aromatic rings. The van der Waals surface area contributed by atoms with Gasteiger partial charge in [-0.05, 0) is 30.7 Å². The van der Waals surface area contributed by atoms with E-state index in [0.29, 0.717) is 26.9 Å². The summed E-state index contributed by atoms with van der Waals surface area (Å²) in [5.41, 5.74) is -1.11. The molecule has 0 fully saturated rings. The first kappa shape index (κ1) is 19.9. The van der Waals surface area contributed by atoms with Crippen molar-refractivity contribution in [3.8, 4) is 0 Å². The van der Waals surface area contributed by atoms with E-state index in [1.165, 1.54) is 4.57 Å². The van der Waals surface area contributed by atoms with Gasteiger partial charge in [0.15, 0.2) is 0 Å². The second kappa shape index (κ2) is 7.79. The van der Waals surface area contributed by atoms with Gasteiger partial charge in [0.25, 0.3) is 5.56 Å². The van der Waals surface area contributed by atoms with Crippen molar-refractivity contribution >= 4 is 43.4 Å². The number of amides is 1. The Morgan fingerprint density at radius 1 is 1.20 bits per heavy atom. The van der Waals surface area contributed by atoms with E-state index in [9.17, 15) is 23.2 Å². The van der Waals surface area contributed by atoms with Gasteiger partial charge in [-0.2, -0.15) is 0 Å². The predicted octanol–water partition coefficient (Wildman–Crippen LogP) is 3.10. The third kappa shape index (κ3) is 3.39. The van der Waals surface area contributed by atoms with E-state index >= 15 is 0 Å². The van der Waals surface area contributed by atoms with Crippen LogP contribution in [0.15, 0.2) is 46.1 Å². The fourth-order valence-electron chi connectivity index (χ4n) is 3.28. The molecule has 0 radical (unpaired) electrons. The molecule has 1 aromatic carbocycles. The first-order valence-corrected chi connectivity index (χ1v) is 9.98. The van der Waals surface area contributed by atoms with Crippen LogP contribution in [-0.4, -0.2) is 20.0 Å². The van der Waals surface area contributed by atoms with Gasteiger partial charge in [0, 0.05) is 24.2 Å². The quantitative estimate of drug-likeness (QED) is 0.527. The number of pyridine rings is 1. The maximum absolute atomic E-state index is 13.9. The van der Waals surface area contributed by atoms with E-state index in [4.69, 9.17) is 0 Å². The number of carbonyl (C=O) groups is 1. The Labute approximate surface area is 172 Å². The van der Waals surface area contributed by atoms with E-state index in [2.05, 4.69) is 10.3 Å². The Hall–Kier alpha value is -3.40. The molecule has 1 amide bonds. The summed E-state index contributed by atoms with van der Waals surface area (Å²) in [6.07, 6.45) is 2.12. The smallest absolute Gasteiger partial charge is 0.322 e. The van der Waals surface area contributed by atoms with Gasteiger partial charge in [0.1, 0.15) is 27.7 Å². The molecule has 0 saturated heterocycles. The lowest BCUT2D eigenvalue weighted by atomic mass is 10.2. The van der Waals surface area contributed by atoms with Gasteiger partial charge in [-0.15, -0.1) is 11.3 Å². The highest BCUT2D eigenvalue weighted by molar-refractivity contribution is 7.25. The van der Waals surface area contributed by atoms with Gasteiger partial charge in [-0.25, -0.2) is 18.6 Å². The van der Waals surface area contributed by atoms with Crippen LogP contribution in [0, 0.1) is 11.6 Å². The molecule has 7 nitrogen and oxygen atoms in total. The van der Waals surface area contributed by atoms with E-state index < -0.39 is 35.3 Å². The summed E-state index contributed by atoms with van der Waals surface area (Å²) in [5.74, 6) is -2.24. The number of anilines is 1. The van der Waals surface area contributed by atoms with Crippen molar-refractivity contribution < 1.29 is 13.6 Å². The minimum absolute atomic E-state index is 0.190. The van der Waals surface area contributed by atoms with Crippen LogP contribution in [0.5, 0.6) is 0 Å². The Morgan fingerprint density at radius 3 is 2.77 bits per heavy atom. The molecule has 30 heavy (non-hydrogen) atoms. The lowest BCUT2D eigenvalue weighted by Gasteiger charge is -2.12. The highest BCUT2D eigenvalue weighted by Gasteiger charge is 2.20. The molecular formula is C20H16F2N4O3S. The summed E-state index contributed by atoms with van der Waals surface area (Å²) in [6, 6.07) is 6.07. The lowest BCUT2D eigenvalue weighted by molar-refractivity contribution is -0.116. The van der Waals surface area contributed by atoms with Gasteiger partial charge in [0.05, 0.1) is 11.2 Å². The van der Waals surface area contributed by atoms with Gasteiger partial charge in [-0.3, -0.25) is 18.7 Å². The number of thiophene rings is 1. The molecular weight excluding hydrogens is 414 g/mol. The number of hydrogen-bond donors (Lipinski definition) is 1. The number of aromatic nitrogens is 3. The predicted molar refractivity (Wildman–Crippen MR) is 111 cm³/mol. The summed E-state index contributed by atoms with van der Waals surface area (Å²) < 4.78 is 29.8. The molecule has 0 unspecified atom stereocenters. The normalized spacial score (nSPS) is 11.3. The summed E-state index contributed by atoms with van der Waals surface area (Å²) in [4.78, 5) is 43.3. The Balaban J connectivity index is 1.86. The maximum atomic E-state index is 13.9. The molecule has 0 aliphatic carbocycles. The zero-order valence-corrected chi connectivity index (χ0v) is 16.6. The number of benzene rings is 1. The van der Waals surface area contributed by atoms with Crippen molar-refractivity contribution in [3.63, 3.8) is 0 Å². The molecule has 3 heterocycles. The second-order valence-electron chi connectivity index (χ2n) is 6.63.